The molecule has 1 aliphatic heterocycles. The summed E-state index contributed by atoms with van der Waals surface area (Å²) in [6, 6.07) is 8.72. The largest absolute Gasteiger partial charge is 0.493 e. The lowest BCUT2D eigenvalue weighted by Crippen LogP contribution is -2.41. The molecule has 10 heteroatoms. The fourth-order valence-electron chi connectivity index (χ4n) is 2.53. The molecule has 28 heavy (non-hydrogen) atoms. The summed E-state index contributed by atoms with van der Waals surface area (Å²) in [6.45, 7) is 0.929. The first-order chi connectivity index (χ1) is 13.4. The van der Waals surface area contributed by atoms with Crippen molar-refractivity contribution < 1.29 is 32.2 Å². The molecule has 0 saturated heterocycles. The Kier molecular flexibility index (Phi) is 5.90. The second kappa shape index (κ2) is 8.36. The molecular weight excluding hydrogens is 388 g/mol. The quantitative estimate of drug-likeness (QED) is 0.697. The topological polar surface area (TPSA) is 112 Å². The fourth-order valence-corrected chi connectivity index (χ4v) is 3.39. The number of benzene rings is 2. The normalized spacial score (nSPS) is 13.4. The first kappa shape index (κ1) is 19.8. The molecular formula is C18H20N2O7S. The minimum atomic E-state index is -4.01. The van der Waals surface area contributed by atoms with Crippen molar-refractivity contribution in [1.29, 1.82) is 0 Å². The number of carbonyl (C=O) groups excluding carboxylic acids is 1. The van der Waals surface area contributed by atoms with Gasteiger partial charge in [-0.1, -0.05) is 0 Å². The van der Waals surface area contributed by atoms with Crippen molar-refractivity contribution in [2.45, 2.75) is 11.3 Å². The number of hydrogen-bond donors (Lipinski definition) is 2. The SMILES string of the molecule is COc1ccc(C(=O)NNS(=O)(=O)c2ccc3c(c2)OCCCO3)cc1OC. The van der Waals surface area contributed by atoms with Crippen LogP contribution in [0.2, 0.25) is 0 Å². The number of amides is 1. The van der Waals surface area contributed by atoms with Crippen LogP contribution in [0, 0.1) is 0 Å². The van der Waals surface area contributed by atoms with Gasteiger partial charge < -0.3 is 18.9 Å². The molecule has 3 rings (SSSR count). The number of hydrogen-bond acceptors (Lipinski definition) is 7. The predicted molar refractivity (Wildman–Crippen MR) is 99.4 cm³/mol. The van der Waals surface area contributed by atoms with E-state index in [0.717, 1.165) is 0 Å². The van der Waals surface area contributed by atoms with Crippen molar-refractivity contribution in [3.05, 3.63) is 42.0 Å². The molecule has 9 nitrogen and oxygen atoms in total. The van der Waals surface area contributed by atoms with Crippen molar-refractivity contribution in [2.24, 2.45) is 0 Å². The lowest BCUT2D eigenvalue weighted by atomic mass is 10.2. The van der Waals surface area contributed by atoms with Crippen LogP contribution in [0.3, 0.4) is 0 Å². The van der Waals surface area contributed by atoms with Crippen molar-refractivity contribution in [3.8, 4) is 23.0 Å². The van der Waals surface area contributed by atoms with Crippen LogP contribution in [-0.4, -0.2) is 41.8 Å². The molecule has 0 saturated carbocycles. The van der Waals surface area contributed by atoms with E-state index in [1.54, 1.807) is 6.07 Å². The van der Waals surface area contributed by atoms with E-state index in [-0.39, 0.29) is 10.5 Å². The van der Waals surface area contributed by atoms with Gasteiger partial charge in [0, 0.05) is 18.1 Å². The molecule has 0 bridgehead atoms. The van der Waals surface area contributed by atoms with Gasteiger partial charge in [-0.3, -0.25) is 10.2 Å². The highest BCUT2D eigenvalue weighted by molar-refractivity contribution is 7.89. The van der Waals surface area contributed by atoms with Crippen LogP contribution in [0.15, 0.2) is 41.3 Å². The number of carbonyl (C=O) groups is 1. The lowest BCUT2D eigenvalue weighted by molar-refractivity contribution is 0.0944. The Bertz CT molecular complexity index is 976. The van der Waals surface area contributed by atoms with Gasteiger partial charge in [0.05, 0.1) is 32.3 Å². The minimum Gasteiger partial charge on any atom is -0.493 e. The summed E-state index contributed by atoms with van der Waals surface area (Å²) in [4.78, 5) is 14.3. The van der Waals surface area contributed by atoms with Crippen LogP contribution < -0.4 is 29.2 Å². The molecule has 2 N–H and O–H groups in total. The monoisotopic (exact) mass is 408 g/mol. The highest BCUT2D eigenvalue weighted by atomic mass is 32.2. The Hall–Kier alpha value is -2.98. The second-order valence-corrected chi connectivity index (χ2v) is 7.47. The molecule has 0 aliphatic carbocycles. The molecule has 1 heterocycles. The van der Waals surface area contributed by atoms with E-state index in [0.29, 0.717) is 42.6 Å². The minimum absolute atomic E-state index is 0.0654. The number of fused-ring (bicyclic) bond motifs is 1. The third kappa shape index (κ3) is 4.29. The Labute approximate surface area is 162 Å². The first-order valence-corrected chi connectivity index (χ1v) is 9.87. The molecule has 0 fully saturated rings. The van der Waals surface area contributed by atoms with Gasteiger partial charge in [-0.2, -0.15) is 0 Å². The van der Waals surface area contributed by atoms with Gasteiger partial charge in [0.15, 0.2) is 23.0 Å². The number of sulfonamides is 1. The van der Waals surface area contributed by atoms with Crippen molar-refractivity contribution >= 4 is 15.9 Å². The lowest BCUT2D eigenvalue weighted by Gasteiger charge is -2.12. The fraction of sp³-hybridized carbons (Fsp3) is 0.278. The van der Waals surface area contributed by atoms with E-state index in [1.165, 1.54) is 44.6 Å². The number of hydrazine groups is 1. The zero-order valence-corrected chi connectivity index (χ0v) is 16.2. The third-order valence-corrected chi connectivity index (χ3v) is 5.22. The molecule has 0 radical (unpaired) electrons. The van der Waals surface area contributed by atoms with Crippen molar-refractivity contribution in [3.63, 3.8) is 0 Å². The van der Waals surface area contributed by atoms with Gasteiger partial charge in [-0.25, -0.2) is 8.42 Å². The van der Waals surface area contributed by atoms with E-state index in [4.69, 9.17) is 18.9 Å². The average Bonchev–Trinajstić information content (AvgIpc) is 2.96. The number of rotatable bonds is 6. The van der Waals surface area contributed by atoms with E-state index >= 15 is 0 Å². The van der Waals surface area contributed by atoms with Gasteiger partial charge in [0.25, 0.3) is 15.9 Å². The molecule has 2 aromatic carbocycles. The molecule has 1 amide bonds. The van der Waals surface area contributed by atoms with Crippen LogP contribution in [-0.2, 0) is 10.0 Å². The summed E-state index contributed by atoms with van der Waals surface area (Å²) in [6.07, 6.45) is 0.705. The predicted octanol–water partition coefficient (Wildman–Crippen LogP) is 1.49. The highest BCUT2D eigenvalue weighted by Crippen LogP contribution is 2.32. The van der Waals surface area contributed by atoms with E-state index in [9.17, 15) is 13.2 Å². The Balaban J connectivity index is 1.73. The molecule has 150 valence electrons. The van der Waals surface area contributed by atoms with Gasteiger partial charge in [-0.05, 0) is 30.3 Å². The number of nitrogens with one attached hydrogen (secondary N) is 2. The number of methoxy groups -OCH3 is 2. The third-order valence-electron chi connectivity index (χ3n) is 3.97. The van der Waals surface area contributed by atoms with Crippen LogP contribution in [0.1, 0.15) is 16.8 Å². The second-order valence-electron chi connectivity index (χ2n) is 5.79. The summed E-state index contributed by atoms with van der Waals surface area (Å²) >= 11 is 0. The molecule has 0 aromatic heterocycles. The summed E-state index contributed by atoms with van der Waals surface area (Å²) < 4.78 is 46.2. The number of ether oxygens (including phenoxy) is 4. The summed E-state index contributed by atoms with van der Waals surface area (Å²) in [5.41, 5.74) is 2.37. The standard InChI is InChI=1S/C18H20N2O7S/c1-24-14-6-4-12(10-16(14)25-2)18(21)19-20-28(22,23)13-5-7-15-17(11-13)27-9-3-8-26-15/h4-7,10-11,20H,3,8-9H2,1-2H3,(H,19,21). The highest BCUT2D eigenvalue weighted by Gasteiger charge is 2.20. The Morgan fingerprint density at radius 3 is 2.39 bits per heavy atom. The summed E-state index contributed by atoms with van der Waals surface area (Å²) in [5, 5.41) is 0. The maximum atomic E-state index is 12.5. The van der Waals surface area contributed by atoms with Crippen LogP contribution in [0.5, 0.6) is 23.0 Å². The van der Waals surface area contributed by atoms with Gasteiger partial charge in [0.1, 0.15) is 0 Å². The molecule has 2 aromatic rings. The zero-order chi connectivity index (χ0) is 20.1. The smallest absolute Gasteiger partial charge is 0.266 e. The van der Waals surface area contributed by atoms with Gasteiger partial charge >= 0.3 is 0 Å². The summed E-state index contributed by atoms with van der Waals surface area (Å²) in [5.74, 6) is 0.962. The molecule has 1 aliphatic rings. The maximum Gasteiger partial charge on any atom is 0.266 e. The Morgan fingerprint density at radius 1 is 0.964 bits per heavy atom. The molecule has 0 spiro atoms. The summed E-state index contributed by atoms with van der Waals surface area (Å²) in [7, 11) is -1.10. The Morgan fingerprint density at radius 2 is 1.68 bits per heavy atom. The van der Waals surface area contributed by atoms with Crippen molar-refractivity contribution in [2.75, 3.05) is 27.4 Å². The van der Waals surface area contributed by atoms with Crippen LogP contribution in [0.25, 0.3) is 0 Å². The van der Waals surface area contributed by atoms with E-state index in [2.05, 4.69) is 10.3 Å². The molecule has 0 atom stereocenters. The van der Waals surface area contributed by atoms with Gasteiger partial charge in [0.2, 0.25) is 0 Å². The average molecular weight is 408 g/mol. The van der Waals surface area contributed by atoms with Crippen LogP contribution in [0.4, 0.5) is 0 Å². The van der Waals surface area contributed by atoms with E-state index < -0.39 is 15.9 Å². The van der Waals surface area contributed by atoms with Crippen LogP contribution >= 0.6 is 0 Å². The zero-order valence-electron chi connectivity index (χ0n) is 15.4. The first-order valence-electron chi connectivity index (χ1n) is 8.38. The maximum absolute atomic E-state index is 12.5. The van der Waals surface area contributed by atoms with E-state index in [1.807, 2.05) is 0 Å². The molecule has 0 unspecified atom stereocenters. The van der Waals surface area contributed by atoms with Crippen molar-refractivity contribution in [1.82, 2.24) is 10.3 Å². The van der Waals surface area contributed by atoms with Gasteiger partial charge in [-0.15, -0.1) is 4.83 Å².